The first-order chi connectivity index (χ1) is 12.2. The van der Waals surface area contributed by atoms with Gasteiger partial charge < -0.3 is 19.7 Å². The molecule has 0 saturated carbocycles. The van der Waals surface area contributed by atoms with Crippen LogP contribution >= 0.6 is 0 Å². The molecule has 2 rings (SSSR count). The van der Waals surface area contributed by atoms with Crippen molar-refractivity contribution in [3.8, 4) is 0 Å². The van der Waals surface area contributed by atoms with Crippen molar-refractivity contribution in [1.82, 2.24) is 15.1 Å². The first-order valence-electron chi connectivity index (χ1n) is 10.2. The standard InChI is InChI=1S/C19H38N4O2/c1-4-20-19(22(3)16-17-8-6-12-23(17)5-2)21-11-7-13-25-18-9-14-24-15-10-18/h17-18H,4-16H2,1-3H3,(H,20,21). The van der Waals surface area contributed by atoms with E-state index in [0.29, 0.717) is 12.1 Å². The number of rotatable bonds is 9. The largest absolute Gasteiger partial charge is 0.381 e. The molecule has 2 heterocycles. The van der Waals surface area contributed by atoms with Gasteiger partial charge in [-0.3, -0.25) is 9.89 Å². The fraction of sp³-hybridized carbons (Fsp3) is 0.947. The van der Waals surface area contributed by atoms with Crippen molar-refractivity contribution in [2.45, 2.75) is 58.1 Å². The van der Waals surface area contributed by atoms with E-state index in [1.54, 1.807) is 0 Å². The molecule has 0 aliphatic carbocycles. The van der Waals surface area contributed by atoms with Crippen LogP contribution in [0, 0.1) is 0 Å². The van der Waals surface area contributed by atoms with Gasteiger partial charge in [-0.25, -0.2) is 0 Å². The van der Waals surface area contributed by atoms with E-state index in [9.17, 15) is 0 Å². The number of nitrogens with one attached hydrogen (secondary N) is 1. The molecule has 25 heavy (non-hydrogen) atoms. The SMILES string of the molecule is CCNC(=NCCCOC1CCOCC1)N(C)CC1CCCN1CC. The molecule has 2 saturated heterocycles. The van der Waals surface area contributed by atoms with Crippen LogP contribution in [0.2, 0.25) is 0 Å². The zero-order valence-corrected chi connectivity index (χ0v) is 16.5. The maximum Gasteiger partial charge on any atom is 0.193 e. The van der Waals surface area contributed by atoms with Crippen LogP contribution in [0.3, 0.4) is 0 Å². The Kier molecular flexibility index (Phi) is 9.58. The van der Waals surface area contributed by atoms with Gasteiger partial charge in [0.2, 0.25) is 0 Å². The van der Waals surface area contributed by atoms with E-state index in [1.807, 2.05) is 0 Å². The molecule has 1 atom stereocenters. The first-order valence-corrected chi connectivity index (χ1v) is 10.2. The third-order valence-corrected chi connectivity index (χ3v) is 5.17. The fourth-order valence-corrected chi connectivity index (χ4v) is 3.73. The Hall–Kier alpha value is -0.850. The van der Waals surface area contributed by atoms with Gasteiger partial charge in [0, 0.05) is 52.5 Å². The minimum atomic E-state index is 0.385. The second-order valence-electron chi connectivity index (χ2n) is 7.08. The number of aliphatic imine (C=N–C) groups is 1. The van der Waals surface area contributed by atoms with Crippen LogP contribution < -0.4 is 5.32 Å². The predicted octanol–water partition coefficient (Wildman–Crippen LogP) is 1.95. The molecule has 6 nitrogen and oxygen atoms in total. The molecule has 6 heteroatoms. The summed E-state index contributed by atoms with van der Waals surface area (Å²) in [6, 6.07) is 0.663. The van der Waals surface area contributed by atoms with E-state index < -0.39 is 0 Å². The van der Waals surface area contributed by atoms with Crippen molar-refractivity contribution in [2.24, 2.45) is 4.99 Å². The van der Waals surface area contributed by atoms with Gasteiger partial charge in [-0.2, -0.15) is 0 Å². The smallest absolute Gasteiger partial charge is 0.193 e. The number of guanidine groups is 1. The Balaban J connectivity index is 1.70. The summed E-state index contributed by atoms with van der Waals surface area (Å²) in [5.41, 5.74) is 0. The lowest BCUT2D eigenvalue weighted by Gasteiger charge is -2.29. The van der Waals surface area contributed by atoms with Crippen molar-refractivity contribution in [1.29, 1.82) is 0 Å². The van der Waals surface area contributed by atoms with Gasteiger partial charge in [0.1, 0.15) is 0 Å². The molecule has 1 N–H and O–H groups in total. The Labute approximate surface area is 153 Å². The van der Waals surface area contributed by atoms with Crippen LogP contribution in [0.5, 0.6) is 0 Å². The van der Waals surface area contributed by atoms with Crippen molar-refractivity contribution in [2.75, 3.05) is 59.6 Å². The molecule has 0 aromatic carbocycles. The lowest BCUT2D eigenvalue weighted by atomic mass is 10.1. The second-order valence-corrected chi connectivity index (χ2v) is 7.08. The highest BCUT2D eigenvalue weighted by atomic mass is 16.5. The molecule has 0 aromatic heterocycles. The highest BCUT2D eigenvalue weighted by Crippen LogP contribution is 2.17. The molecular weight excluding hydrogens is 316 g/mol. The molecule has 2 aliphatic rings. The predicted molar refractivity (Wildman–Crippen MR) is 103 cm³/mol. The van der Waals surface area contributed by atoms with Gasteiger partial charge in [-0.05, 0) is 52.1 Å². The van der Waals surface area contributed by atoms with E-state index in [2.05, 4.69) is 36.0 Å². The van der Waals surface area contributed by atoms with Crippen LogP contribution in [-0.2, 0) is 9.47 Å². The zero-order valence-electron chi connectivity index (χ0n) is 16.5. The Morgan fingerprint density at radius 2 is 2.08 bits per heavy atom. The highest BCUT2D eigenvalue weighted by molar-refractivity contribution is 5.79. The molecule has 0 spiro atoms. The van der Waals surface area contributed by atoms with Crippen LogP contribution in [0.25, 0.3) is 0 Å². The quantitative estimate of drug-likeness (QED) is 0.390. The fourth-order valence-electron chi connectivity index (χ4n) is 3.73. The monoisotopic (exact) mass is 354 g/mol. The summed E-state index contributed by atoms with van der Waals surface area (Å²) in [7, 11) is 2.16. The lowest BCUT2D eigenvalue weighted by molar-refractivity contribution is -0.0318. The minimum Gasteiger partial charge on any atom is -0.381 e. The summed E-state index contributed by atoms with van der Waals surface area (Å²) in [4.78, 5) is 9.68. The molecule has 1 unspecified atom stereocenters. The number of hydrogen-bond acceptors (Lipinski definition) is 4. The average molecular weight is 355 g/mol. The van der Waals surface area contributed by atoms with Gasteiger partial charge in [0.05, 0.1) is 6.10 Å². The van der Waals surface area contributed by atoms with E-state index in [-0.39, 0.29) is 0 Å². The van der Waals surface area contributed by atoms with Crippen LogP contribution in [0.15, 0.2) is 4.99 Å². The van der Waals surface area contributed by atoms with Gasteiger partial charge in [-0.1, -0.05) is 6.92 Å². The molecule has 2 fully saturated rings. The highest BCUT2D eigenvalue weighted by Gasteiger charge is 2.24. The van der Waals surface area contributed by atoms with E-state index in [4.69, 9.17) is 14.5 Å². The number of ether oxygens (including phenoxy) is 2. The summed E-state index contributed by atoms with van der Waals surface area (Å²) >= 11 is 0. The maximum absolute atomic E-state index is 5.93. The number of hydrogen-bond donors (Lipinski definition) is 1. The summed E-state index contributed by atoms with van der Waals surface area (Å²) < 4.78 is 11.3. The molecule has 2 aliphatic heterocycles. The number of likely N-dealkylation sites (tertiary alicyclic amines) is 1. The molecule has 0 radical (unpaired) electrons. The molecule has 146 valence electrons. The Bertz CT molecular complexity index is 386. The van der Waals surface area contributed by atoms with Crippen LogP contribution in [0.4, 0.5) is 0 Å². The van der Waals surface area contributed by atoms with Crippen LogP contribution in [-0.4, -0.2) is 87.5 Å². The second kappa shape index (κ2) is 11.7. The maximum atomic E-state index is 5.93. The van der Waals surface area contributed by atoms with E-state index in [1.165, 1.54) is 19.4 Å². The third kappa shape index (κ3) is 7.12. The Morgan fingerprint density at radius 1 is 1.28 bits per heavy atom. The van der Waals surface area contributed by atoms with Crippen molar-refractivity contribution < 1.29 is 9.47 Å². The van der Waals surface area contributed by atoms with Crippen molar-refractivity contribution >= 4 is 5.96 Å². The van der Waals surface area contributed by atoms with Crippen molar-refractivity contribution in [3.05, 3.63) is 0 Å². The molecule has 0 bridgehead atoms. The van der Waals surface area contributed by atoms with Gasteiger partial charge in [0.15, 0.2) is 5.96 Å². The van der Waals surface area contributed by atoms with E-state index >= 15 is 0 Å². The zero-order chi connectivity index (χ0) is 17.9. The minimum absolute atomic E-state index is 0.385. The topological polar surface area (TPSA) is 49.3 Å². The first kappa shape index (κ1) is 20.5. The molecular formula is C19H38N4O2. The van der Waals surface area contributed by atoms with Gasteiger partial charge in [-0.15, -0.1) is 0 Å². The number of likely N-dealkylation sites (N-methyl/N-ethyl adjacent to an activating group) is 2. The van der Waals surface area contributed by atoms with E-state index in [0.717, 1.165) is 71.2 Å². The molecule has 0 amide bonds. The summed E-state index contributed by atoms with van der Waals surface area (Å²) in [5.74, 6) is 1.02. The summed E-state index contributed by atoms with van der Waals surface area (Å²) in [6.07, 6.45) is 6.05. The normalized spacial score (nSPS) is 23.2. The molecule has 0 aromatic rings. The average Bonchev–Trinajstić information content (AvgIpc) is 3.08. The van der Waals surface area contributed by atoms with Gasteiger partial charge >= 0.3 is 0 Å². The number of nitrogens with zero attached hydrogens (tertiary/aromatic N) is 3. The third-order valence-electron chi connectivity index (χ3n) is 5.17. The van der Waals surface area contributed by atoms with Crippen LogP contribution in [0.1, 0.15) is 46.0 Å². The van der Waals surface area contributed by atoms with Crippen molar-refractivity contribution in [3.63, 3.8) is 0 Å². The lowest BCUT2D eigenvalue weighted by Crippen LogP contribution is -2.46. The van der Waals surface area contributed by atoms with Gasteiger partial charge in [0.25, 0.3) is 0 Å². The summed E-state index contributed by atoms with van der Waals surface area (Å²) in [6.45, 7) is 12.0. The summed E-state index contributed by atoms with van der Waals surface area (Å²) in [5, 5.41) is 3.43. The Morgan fingerprint density at radius 3 is 2.80 bits per heavy atom.